The summed E-state index contributed by atoms with van der Waals surface area (Å²) in [6.07, 6.45) is 1.54. The lowest BCUT2D eigenvalue weighted by Gasteiger charge is -2.15. The molecule has 0 fully saturated rings. The highest BCUT2D eigenvalue weighted by molar-refractivity contribution is 8.00. The van der Waals surface area contributed by atoms with E-state index in [4.69, 9.17) is 9.47 Å². The van der Waals surface area contributed by atoms with Crippen molar-refractivity contribution in [2.75, 3.05) is 24.9 Å². The fraction of sp³-hybridized carbons (Fsp3) is 0.146. The molecule has 0 spiro atoms. The number of aryl methyl sites for hydroxylation is 1. The lowest BCUT2D eigenvalue weighted by atomic mass is 10.1. The number of benzene rings is 5. The Balaban J connectivity index is 1.18. The molecule has 51 heavy (non-hydrogen) atoms. The van der Waals surface area contributed by atoms with Crippen LogP contribution in [0.1, 0.15) is 29.8 Å². The zero-order valence-corrected chi connectivity index (χ0v) is 29.5. The first kappa shape index (κ1) is 34.8. The van der Waals surface area contributed by atoms with Crippen LogP contribution < -0.4 is 25.4 Å². The van der Waals surface area contributed by atoms with Crippen molar-refractivity contribution < 1.29 is 23.9 Å². The Morgan fingerprint density at radius 3 is 2.25 bits per heavy atom. The van der Waals surface area contributed by atoms with Crippen LogP contribution in [0, 0.1) is 0 Å². The lowest BCUT2D eigenvalue weighted by molar-refractivity contribution is -0.115. The second-order valence-corrected chi connectivity index (χ2v) is 13.1. The number of carbonyl (C=O) groups is 3. The van der Waals surface area contributed by atoms with Crippen molar-refractivity contribution in [2.24, 2.45) is 0 Å². The summed E-state index contributed by atoms with van der Waals surface area (Å²) in [6.45, 7) is 4.81. The number of rotatable bonds is 12. The zero-order chi connectivity index (χ0) is 35.9. The van der Waals surface area contributed by atoms with Gasteiger partial charge in [0, 0.05) is 55.7 Å². The molecule has 1 aromatic heterocycles. The number of nitrogens with zero attached hydrogens (tertiary/aromatic N) is 1. The molecule has 258 valence electrons. The van der Waals surface area contributed by atoms with E-state index in [0.717, 1.165) is 38.9 Å². The number of fused-ring (bicyclic) bond motifs is 3. The maximum atomic E-state index is 13.7. The Kier molecular flexibility index (Phi) is 10.7. The van der Waals surface area contributed by atoms with Gasteiger partial charge in [0.15, 0.2) is 11.5 Å². The van der Waals surface area contributed by atoms with Gasteiger partial charge in [-0.1, -0.05) is 54.6 Å². The van der Waals surface area contributed by atoms with Gasteiger partial charge < -0.3 is 30.0 Å². The van der Waals surface area contributed by atoms with Gasteiger partial charge in [-0.25, -0.2) is 0 Å². The van der Waals surface area contributed by atoms with Crippen LogP contribution in [0.25, 0.3) is 27.9 Å². The predicted molar refractivity (Wildman–Crippen MR) is 206 cm³/mol. The molecule has 0 radical (unpaired) electrons. The Morgan fingerprint density at radius 1 is 0.765 bits per heavy atom. The number of hydrogen-bond acceptors (Lipinski definition) is 6. The lowest BCUT2D eigenvalue weighted by Crippen LogP contribution is -2.30. The molecule has 0 aliphatic heterocycles. The average Bonchev–Trinajstić information content (AvgIpc) is 3.47. The highest BCUT2D eigenvalue weighted by Gasteiger charge is 2.19. The first-order valence-corrected chi connectivity index (χ1v) is 17.4. The quantitative estimate of drug-likeness (QED) is 0.0876. The first-order chi connectivity index (χ1) is 24.8. The number of methoxy groups -OCH3 is 2. The Labute approximate surface area is 300 Å². The van der Waals surface area contributed by atoms with E-state index in [1.165, 1.54) is 26.0 Å². The molecule has 1 heterocycles. The van der Waals surface area contributed by atoms with E-state index in [-0.39, 0.29) is 11.6 Å². The maximum Gasteiger partial charge on any atom is 0.272 e. The van der Waals surface area contributed by atoms with E-state index in [2.05, 4.69) is 39.6 Å². The molecule has 6 rings (SSSR count). The fourth-order valence-electron chi connectivity index (χ4n) is 5.94. The minimum Gasteiger partial charge on any atom is -0.493 e. The number of ether oxygens (including phenoxy) is 2. The molecule has 9 nitrogen and oxygen atoms in total. The highest BCUT2D eigenvalue weighted by atomic mass is 32.2. The van der Waals surface area contributed by atoms with E-state index in [0.29, 0.717) is 28.3 Å². The van der Waals surface area contributed by atoms with Crippen molar-refractivity contribution in [1.29, 1.82) is 0 Å². The Hall–Kier alpha value is -6.00. The van der Waals surface area contributed by atoms with Gasteiger partial charge in [-0.15, -0.1) is 11.8 Å². The molecular weight excluding hydrogens is 661 g/mol. The summed E-state index contributed by atoms with van der Waals surface area (Å²) in [7, 11) is 3.03. The second-order valence-electron chi connectivity index (χ2n) is 11.7. The second kappa shape index (κ2) is 15.7. The summed E-state index contributed by atoms with van der Waals surface area (Å²) < 4.78 is 13.2. The molecule has 6 aromatic rings. The largest absolute Gasteiger partial charge is 0.493 e. The van der Waals surface area contributed by atoms with Gasteiger partial charge in [-0.2, -0.15) is 0 Å². The zero-order valence-electron chi connectivity index (χ0n) is 28.7. The number of anilines is 2. The molecule has 0 aliphatic rings. The fourth-order valence-corrected chi connectivity index (χ4v) is 6.87. The summed E-state index contributed by atoms with van der Waals surface area (Å²) in [6, 6.07) is 35.4. The predicted octanol–water partition coefficient (Wildman–Crippen LogP) is 8.36. The number of carbonyl (C=O) groups excluding carboxylic acids is 3. The minimum atomic E-state index is -0.545. The molecule has 0 saturated carbocycles. The molecule has 3 N–H and O–H groups in total. The minimum absolute atomic E-state index is 0.000218. The number of nitrogens with one attached hydrogen (secondary N) is 3. The Morgan fingerprint density at radius 2 is 1.49 bits per heavy atom. The van der Waals surface area contributed by atoms with Crippen LogP contribution in [0.4, 0.5) is 11.4 Å². The SMILES string of the molecule is CCn1c2ccccc2c2cc(NC(=O)C(C)Sc3cccc(NC(=O)/C(=C\c4cccc(OC)c4OC)NC(=O)c4ccccc4)c3)ccc21. The van der Waals surface area contributed by atoms with Crippen molar-refractivity contribution in [3.05, 3.63) is 132 Å². The maximum absolute atomic E-state index is 13.7. The molecule has 0 bridgehead atoms. The van der Waals surface area contributed by atoms with Gasteiger partial charge in [0.25, 0.3) is 11.8 Å². The van der Waals surface area contributed by atoms with Crippen molar-refractivity contribution >= 4 is 68.7 Å². The smallest absolute Gasteiger partial charge is 0.272 e. The van der Waals surface area contributed by atoms with Crippen LogP contribution in [0.2, 0.25) is 0 Å². The standard InChI is InChI=1S/C41H38N4O5S/c1-5-45-35-19-10-9-18-32(35)33-25-30(21-22-36(33)45)42-39(46)26(2)51-31-17-12-16-29(24-31)43-41(48)34(44-40(47)27-13-7-6-8-14-27)23-28-15-11-20-37(49-3)38(28)50-4/h6-26H,5H2,1-4H3,(H,42,46)(H,43,48)(H,44,47)/b34-23+. The van der Waals surface area contributed by atoms with Crippen molar-refractivity contribution in [3.8, 4) is 11.5 Å². The summed E-state index contributed by atoms with van der Waals surface area (Å²) in [5.41, 5.74) is 4.44. The summed E-state index contributed by atoms with van der Waals surface area (Å²) >= 11 is 1.37. The molecular formula is C41H38N4O5S. The van der Waals surface area contributed by atoms with Crippen LogP contribution >= 0.6 is 11.8 Å². The summed E-state index contributed by atoms with van der Waals surface area (Å²) in [5, 5.41) is 10.5. The average molecular weight is 699 g/mol. The molecule has 0 saturated heterocycles. The normalized spacial score (nSPS) is 12.0. The molecule has 1 atom stereocenters. The number of para-hydroxylation sites is 2. The van der Waals surface area contributed by atoms with E-state index in [1.54, 1.807) is 66.7 Å². The third-order valence-corrected chi connectivity index (χ3v) is 9.49. The van der Waals surface area contributed by atoms with Gasteiger partial charge in [-0.05, 0) is 80.6 Å². The third kappa shape index (κ3) is 7.76. The van der Waals surface area contributed by atoms with Crippen molar-refractivity contribution in [2.45, 2.75) is 30.5 Å². The topological polar surface area (TPSA) is 111 Å². The van der Waals surface area contributed by atoms with Gasteiger partial charge in [-0.3, -0.25) is 14.4 Å². The molecule has 3 amide bonds. The van der Waals surface area contributed by atoms with Crippen LogP contribution in [0.3, 0.4) is 0 Å². The van der Waals surface area contributed by atoms with Gasteiger partial charge in [0.1, 0.15) is 5.70 Å². The van der Waals surface area contributed by atoms with Gasteiger partial charge >= 0.3 is 0 Å². The van der Waals surface area contributed by atoms with Crippen LogP contribution in [0.15, 0.2) is 126 Å². The Bertz CT molecular complexity index is 2260. The highest BCUT2D eigenvalue weighted by Crippen LogP contribution is 2.34. The van der Waals surface area contributed by atoms with Gasteiger partial charge in [0.2, 0.25) is 5.91 Å². The molecule has 1 unspecified atom stereocenters. The summed E-state index contributed by atoms with van der Waals surface area (Å²) in [4.78, 5) is 41.0. The molecule has 10 heteroatoms. The van der Waals surface area contributed by atoms with E-state index in [9.17, 15) is 14.4 Å². The molecule has 0 aliphatic carbocycles. The number of thioether (sulfide) groups is 1. The van der Waals surface area contributed by atoms with Crippen LogP contribution in [-0.2, 0) is 16.1 Å². The van der Waals surface area contributed by atoms with Crippen LogP contribution in [0.5, 0.6) is 11.5 Å². The number of amides is 3. The van der Waals surface area contributed by atoms with Crippen LogP contribution in [-0.4, -0.2) is 41.8 Å². The molecule has 5 aromatic carbocycles. The number of hydrogen-bond donors (Lipinski definition) is 3. The van der Waals surface area contributed by atoms with E-state index >= 15 is 0 Å². The van der Waals surface area contributed by atoms with E-state index < -0.39 is 17.1 Å². The first-order valence-electron chi connectivity index (χ1n) is 16.5. The van der Waals surface area contributed by atoms with Crippen molar-refractivity contribution in [1.82, 2.24) is 9.88 Å². The summed E-state index contributed by atoms with van der Waals surface area (Å²) in [5.74, 6) is -0.241. The number of aromatic nitrogens is 1. The third-order valence-electron chi connectivity index (χ3n) is 8.39. The van der Waals surface area contributed by atoms with Crippen molar-refractivity contribution in [3.63, 3.8) is 0 Å². The van der Waals surface area contributed by atoms with Gasteiger partial charge in [0.05, 0.1) is 19.5 Å². The van der Waals surface area contributed by atoms with E-state index in [1.807, 2.05) is 49.4 Å². The monoisotopic (exact) mass is 698 g/mol.